The molecule has 7 nitrogen and oxygen atoms in total. The number of nitrogens with one attached hydrogen (secondary N) is 2. The predicted molar refractivity (Wildman–Crippen MR) is 106 cm³/mol. The normalized spacial score (nSPS) is 10.5. The van der Waals surface area contributed by atoms with Crippen LogP contribution in [0, 0.1) is 0 Å². The molecule has 142 valence electrons. The van der Waals surface area contributed by atoms with Gasteiger partial charge in [0.25, 0.3) is 11.8 Å². The third-order valence-electron chi connectivity index (χ3n) is 3.57. The van der Waals surface area contributed by atoms with E-state index in [0.717, 1.165) is 10.5 Å². The number of rotatable bonds is 8. The highest BCUT2D eigenvalue weighted by molar-refractivity contribution is 7.98. The van der Waals surface area contributed by atoms with Crippen molar-refractivity contribution in [2.75, 3.05) is 27.0 Å². The van der Waals surface area contributed by atoms with Crippen molar-refractivity contribution in [2.45, 2.75) is 4.90 Å². The largest absolute Gasteiger partial charge is 0.493 e. The summed E-state index contributed by atoms with van der Waals surface area (Å²) in [6, 6.07) is 12.5. The molecular formula is C19H21N3O4S. The molecule has 0 fully saturated rings. The molecule has 0 saturated carbocycles. The van der Waals surface area contributed by atoms with Crippen molar-refractivity contribution in [2.24, 2.45) is 5.10 Å². The summed E-state index contributed by atoms with van der Waals surface area (Å²) in [4.78, 5) is 25.1. The molecule has 0 aromatic heterocycles. The first kappa shape index (κ1) is 20.3. The van der Waals surface area contributed by atoms with Crippen LogP contribution in [0.3, 0.4) is 0 Å². The minimum atomic E-state index is -0.430. The van der Waals surface area contributed by atoms with E-state index in [1.54, 1.807) is 30.0 Å². The molecule has 0 heterocycles. The zero-order valence-electron chi connectivity index (χ0n) is 15.3. The van der Waals surface area contributed by atoms with Crippen LogP contribution in [0.25, 0.3) is 0 Å². The molecule has 0 aliphatic rings. The zero-order chi connectivity index (χ0) is 19.6. The number of ether oxygens (including phenoxy) is 2. The van der Waals surface area contributed by atoms with Crippen LogP contribution in [-0.4, -0.2) is 45.0 Å². The average Bonchev–Trinajstić information content (AvgIpc) is 2.71. The van der Waals surface area contributed by atoms with Crippen molar-refractivity contribution >= 4 is 29.8 Å². The van der Waals surface area contributed by atoms with E-state index in [2.05, 4.69) is 15.8 Å². The Morgan fingerprint density at radius 2 is 1.78 bits per heavy atom. The van der Waals surface area contributed by atoms with Crippen LogP contribution in [0.4, 0.5) is 0 Å². The average molecular weight is 387 g/mol. The van der Waals surface area contributed by atoms with Gasteiger partial charge in [-0.15, -0.1) is 11.8 Å². The minimum absolute atomic E-state index is 0.198. The highest BCUT2D eigenvalue weighted by Crippen LogP contribution is 2.27. The zero-order valence-corrected chi connectivity index (χ0v) is 16.1. The van der Waals surface area contributed by atoms with Gasteiger partial charge in [-0.05, 0) is 42.2 Å². The van der Waals surface area contributed by atoms with Gasteiger partial charge in [-0.3, -0.25) is 9.59 Å². The van der Waals surface area contributed by atoms with Gasteiger partial charge < -0.3 is 14.8 Å². The van der Waals surface area contributed by atoms with Gasteiger partial charge in [-0.2, -0.15) is 5.10 Å². The first-order valence-corrected chi connectivity index (χ1v) is 9.26. The van der Waals surface area contributed by atoms with Gasteiger partial charge in [0.15, 0.2) is 11.5 Å². The Morgan fingerprint density at radius 1 is 1.07 bits per heavy atom. The SMILES string of the molecule is COc1ccc(C(=O)NCC(=O)N/N=C\c2ccc(SC)cc2)cc1OC. The van der Waals surface area contributed by atoms with Crippen molar-refractivity contribution in [1.29, 1.82) is 0 Å². The fourth-order valence-corrected chi connectivity index (χ4v) is 2.56. The van der Waals surface area contributed by atoms with E-state index in [-0.39, 0.29) is 6.54 Å². The van der Waals surface area contributed by atoms with E-state index >= 15 is 0 Å². The molecule has 2 aromatic carbocycles. The van der Waals surface area contributed by atoms with Crippen LogP contribution in [0.15, 0.2) is 52.5 Å². The van der Waals surface area contributed by atoms with E-state index in [4.69, 9.17) is 9.47 Å². The third-order valence-corrected chi connectivity index (χ3v) is 4.32. The van der Waals surface area contributed by atoms with Crippen LogP contribution < -0.4 is 20.2 Å². The number of hydrazone groups is 1. The summed E-state index contributed by atoms with van der Waals surface area (Å²) in [7, 11) is 3.00. The standard InChI is InChI=1S/C19H21N3O4S/c1-25-16-9-6-14(10-17(16)26-2)19(24)20-12-18(23)22-21-11-13-4-7-15(27-3)8-5-13/h4-11H,12H2,1-3H3,(H,20,24)(H,22,23)/b21-11-. The number of thioether (sulfide) groups is 1. The molecule has 0 spiro atoms. The van der Waals surface area contributed by atoms with E-state index in [1.807, 2.05) is 30.5 Å². The van der Waals surface area contributed by atoms with Gasteiger partial charge in [0.1, 0.15) is 0 Å². The predicted octanol–water partition coefficient (Wildman–Crippen LogP) is 2.31. The lowest BCUT2D eigenvalue weighted by Crippen LogP contribution is -2.34. The van der Waals surface area contributed by atoms with Crippen LogP contribution in [-0.2, 0) is 4.79 Å². The Balaban J connectivity index is 1.83. The first-order chi connectivity index (χ1) is 13.1. The van der Waals surface area contributed by atoms with E-state index in [1.165, 1.54) is 20.4 Å². The summed E-state index contributed by atoms with van der Waals surface area (Å²) in [5, 5.41) is 6.41. The summed E-state index contributed by atoms with van der Waals surface area (Å²) in [6.07, 6.45) is 3.54. The number of nitrogens with zero attached hydrogens (tertiary/aromatic N) is 1. The van der Waals surface area contributed by atoms with Crippen LogP contribution in [0.5, 0.6) is 11.5 Å². The summed E-state index contributed by atoms with van der Waals surface area (Å²) in [5.74, 6) is 0.127. The fraction of sp³-hybridized carbons (Fsp3) is 0.211. The molecular weight excluding hydrogens is 366 g/mol. The molecule has 2 aromatic rings. The van der Waals surface area contributed by atoms with Crippen molar-refractivity contribution in [3.63, 3.8) is 0 Å². The molecule has 0 radical (unpaired) electrons. The number of carbonyl (C=O) groups excluding carboxylic acids is 2. The summed E-state index contributed by atoms with van der Waals surface area (Å²) >= 11 is 1.65. The number of hydrogen-bond donors (Lipinski definition) is 2. The minimum Gasteiger partial charge on any atom is -0.493 e. The molecule has 8 heteroatoms. The highest BCUT2D eigenvalue weighted by Gasteiger charge is 2.11. The maximum absolute atomic E-state index is 12.1. The van der Waals surface area contributed by atoms with Crippen molar-refractivity contribution in [3.8, 4) is 11.5 Å². The number of carbonyl (C=O) groups is 2. The van der Waals surface area contributed by atoms with Gasteiger partial charge in [-0.25, -0.2) is 5.43 Å². The van der Waals surface area contributed by atoms with Crippen molar-refractivity contribution in [1.82, 2.24) is 10.7 Å². The van der Waals surface area contributed by atoms with Crippen molar-refractivity contribution in [3.05, 3.63) is 53.6 Å². The topological polar surface area (TPSA) is 89.0 Å². The van der Waals surface area contributed by atoms with Crippen molar-refractivity contribution < 1.29 is 19.1 Å². The molecule has 2 rings (SSSR count). The van der Waals surface area contributed by atoms with Gasteiger partial charge >= 0.3 is 0 Å². The van der Waals surface area contributed by atoms with Gasteiger partial charge in [0.05, 0.1) is 27.0 Å². The Kier molecular flexibility index (Phi) is 7.69. The second-order valence-corrected chi connectivity index (χ2v) is 6.20. The first-order valence-electron chi connectivity index (χ1n) is 8.03. The molecule has 2 N–H and O–H groups in total. The van der Waals surface area contributed by atoms with E-state index < -0.39 is 11.8 Å². The highest BCUT2D eigenvalue weighted by atomic mass is 32.2. The van der Waals surface area contributed by atoms with Crippen LogP contribution >= 0.6 is 11.8 Å². The number of benzene rings is 2. The fourth-order valence-electron chi connectivity index (χ4n) is 2.15. The van der Waals surface area contributed by atoms with E-state index in [0.29, 0.717) is 17.1 Å². The smallest absolute Gasteiger partial charge is 0.259 e. The number of amides is 2. The summed E-state index contributed by atoms with van der Waals surface area (Å²) in [5.41, 5.74) is 3.60. The second-order valence-electron chi connectivity index (χ2n) is 5.32. The molecule has 0 bridgehead atoms. The lowest BCUT2D eigenvalue weighted by Gasteiger charge is -2.09. The lowest BCUT2D eigenvalue weighted by atomic mass is 10.2. The summed E-state index contributed by atoms with van der Waals surface area (Å²) < 4.78 is 10.3. The Hall–Kier alpha value is -3.00. The van der Waals surface area contributed by atoms with E-state index in [9.17, 15) is 9.59 Å². The maximum atomic E-state index is 12.1. The van der Waals surface area contributed by atoms with Gasteiger partial charge in [0.2, 0.25) is 0 Å². The van der Waals surface area contributed by atoms with Crippen LogP contribution in [0.2, 0.25) is 0 Å². The van der Waals surface area contributed by atoms with Crippen LogP contribution in [0.1, 0.15) is 15.9 Å². The summed E-state index contributed by atoms with van der Waals surface area (Å²) in [6.45, 7) is -0.198. The lowest BCUT2D eigenvalue weighted by molar-refractivity contribution is -0.120. The third kappa shape index (κ3) is 6.03. The second kappa shape index (κ2) is 10.2. The molecule has 0 unspecified atom stereocenters. The molecule has 0 aliphatic heterocycles. The molecule has 0 aliphatic carbocycles. The number of hydrogen-bond acceptors (Lipinski definition) is 6. The Bertz CT molecular complexity index is 822. The maximum Gasteiger partial charge on any atom is 0.259 e. The monoisotopic (exact) mass is 387 g/mol. The molecule has 0 saturated heterocycles. The Morgan fingerprint density at radius 3 is 2.41 bits per heavy atom. The quantitative estimate of drug-likeness (QED) is 0.412. The van der Waals surface area contributed by atoms with Gasteiger partial charge in [-0.1, -0.05) is 12.1 Å². The molecule has 2 amide bonds. The molecule has 0 atom stereocenters. The molecule has 27 heavy (non-hydrogen) atoms. The number of methoxy groups -OCH3 is 2. The Labute approximate surface area is 162 Å². The van der Waals surface area contributed by atoms with Gasteiger partial charge in [0, 0.05) is 10.5 Å².